The van der Waals surface area contributed by atoms with Crippen LogP contribution in [0.25, 0.3) is 0 Å². The number of halogens is 1. The van der Waals surface area contributed by atoms with Crippen LogP contribution in [0.4, 0.5) is 0 Å². The first-order chi connectivity index (χ1) is 8.24. The van der Waals surface area contributed by atoms with Crippen LogP contribution in [0.2, 0.25) is 5.02 Å². The summed E-state index contributed by atoms with van der Waals surface area (Å²) in [6.45, 7) is 2.28. The Kier molecular flexibility index (Phi) is 4.43. The Morgan fingerprint density at radius 1 is 1.47 bits per heavy atom. The third-order valence-electron chi connectivity index (χ3n) is 4.02. The van der Waals surface area contributed by atoms with Crippen LogP contribution in [0.5, 0.6) is 0 Å². The molecule has 1 fully saturated rings. The molecule has 2 rings (SSSR count). The normalized spacial score (nSPS) is 26.1. The van der Waals surface area contributed by atoms with E-state index in [1.54, 1.807) is 0 Å². The molecule has 0 heterocycles. The van der Waals surface area contributed by atoms with Gasteiger partial charge in [0.2, 0.25) is 0 Å². The lowest BCUT2D eigenvalue weighted by molar-refractivity contribution is 0.358. The van der Waals surface area contributed by atoms with Crippen LogP contribution in [-0.4, -0.2) is 0 Å². The van der Waals surface area contributed by atoms with Crippen LogP contribution in [0.3, 0.4) is 0 Å². The van der Waals surface area contributed by atoms with E-state index in [2.05, 4.69) is 18.4 Å². The van der Waals surface area contributed by atoms with Crippen LogP contribution in [-0.2, 0) is 0 Å². The van der Waals surface area contributed by atoms with Crippen LogP contribution < -0.4 is 11.3 Å². The minimum Gasteiger partial charge on any atom is -0.271 e. The molecular formula is C14H21ClN2. The van der Waals surface area contributed by atoms with E-state index in [-0.39, 0.29) is 6.04 Å². The number of benzene rings is 1. The molecule has 3 N–H and O–H groups in total. The minimum absolute atomic E-state index is 0.241. The molecule has 3 unspecified atom stereocenters. The molecule has 1 aromatic carbocycles. The third kappa shape index (κ3) is 3.01. The van der Waals surface area contributed by atoms with Gasteiger partial charge < -0.3 is 0 Å². The Labute approximate surface area is 109 Å². The Morgan fingerprint density at radius 3 is 2.88 bits per heavy atom. The first-order valence-corrected chi connectivity index (χ1v) is 6.84. The number of hydrogen-bond donors (Lipinski definition) is 2. The fourth-order valence-electron chi connectivity index (χ4n) is 2.99. The number of nitrogens with one attached hydrogen (secondary N) is 1. The maximum Gasteiger partial charge on any atom is 0.0488 e. The highest BCUT2D eigenvalue weighted by molar-refractivity contribution is 6.30. The highest BCUT2D eigenvalue weighted by Gasteiger charge is 2.30. The summed E-state index contributed by atoms with van der Waals surface area (Å²) in [5, 5.41) is 0.785. The number of rotatable bonds is 4. The maximum absolute atomic E-state index is 6.04. The van der Waals surface area contributed by atoms with Gasteiger partial charge in [0, 0.05) is 11.1 Å². The summed E-state index contributed by atoms with van der Waals surface area (Å²) >= 11 is 6.04. The summed E-state index contributed by atoms with van der Waals surface area (Å²) in [5.41, 5.74) is 4.18. The molecule has 1 aromatic rings. The van der Waals surface area contributed by atoms with Gasteiger partial charge in [0.25, 0.3) is 0 Å². The summed E-state index contributed by atoms with van der Waals surface area (Å²) in [6, 6.07) is 8.27. The molecule has 17 heavy (non-hydrogen) atoms. The second-order valence-electron chi connectivity index (χ2n) is 5.05. The van der Waals surface area contributed by atoms with Gasteiger partial charge in [-0.3, -0.25) is 11.3 Å². The van der Waals surface area contributed by atoms with Crippen LogP contribution in [0.1, 0.15) is 44.2 Å². The van der Waals surface area contributed by atoms with Gasteiger partial charge in [0.15, 0.2) is 0 Å². The molecule has 3 atom stereocenters. The molecule has 1 saturated carbocycles. The van der Waals surface area contributed by atoms with Crippen molar-refractivity contribution in [2.75, 3.05) is 0 Å². The maximum atomic E-state index is 6.04. The van der Waals surface area contributed by atoms with E-state index in [9.17, 15) is 0 Å². The summed E-state index contributed by atoms with van der Waals surface area (Å²) in [4.78, 5) is 0. The third-order valence-corrected chi connectivity index (χ3v) is 4.25. The highest BCUT2D eigenvalue weighted by Crippen LogP contribution is 2.40. The predicted molar refractivity (Wildman–Crippen MR) is 72.6 cm³/mol. The van der Waals surface area contributed by atoms with E-state index in [0.29, 0.717) is 5.92 Å². The monoisotopic (exact) mass is 252 g/mol. The average molecular weight is 253 g/mol. The van der Waals surface area contributed by atoms with Crippen molar-refractivity contribution in [1.29, 1.82) is 0 Å². The first-order valence-electron chi connectivity index (χ1n) is 6.46. The molecule has 94 valence electrons. The number of nitrogens with two attached hydrogens (primary N) is 1. The first kappa shape index (κ1) is 12.9. The van der Waals surface area contributed by atoms with Crippen LogP contribution in [0.15, 0.2) is 24.3 Å². The van der Waals surface area contributed by atoms with Crippen LogP contribution >= 0.6 is 11.6 Å². The van der Waals surface area contributed by atoms with Crippen molar-refractivity contribution in [3.8, 4) is 0 Å². The lowest BCUT2D eigenvalue weighted by Gasteiger charge is -2.23. The molecule has 0 aromatic heterocycles. The van der Waals surface area contributed by atoms with Crippen molar-refractivity contribution in [3.63, 3.8) is 0 Å². The van der Waals surface area contributed by atoms with Gasteiger partial charge >= 0.3 is 0 Å². The van der Waals surface area contributed by atoms with Crippen molar-refractivity contribution >= 4 is 11.6 Å². The lowest BCUT2D eigenvalue weighted by Crippen LogP contribution is -2.32. The summed E-state index contributed by atoms with van der Waals surface area (Å²) in [6.07, 6.45) is 5.15. The van der Waals surface area contributed by atoms with E-state index in [4.69, 9.17) is 17.4 Å². The number of hydrogen-bond acceptors (Lipinski definition) is 2. The van der Waals surface area contributed by atoms with Gasteiger partial charge in [-0.1, -0.05) is 43.5 Å². The summed E-state index contributed by atoms with van der Waals surface area (Å²) < 4.78 is 0. The van der Waals surface area contributed by atoms with E-state index in [1.165, 1.54) is 31.2 Å². The molecule has 2 nitrogen and oxygen atoms in total. The van der Waals surface area contributed by atoms with E-state index in [0.717, 1.165) is 10.9 Å². The largest absolute Gasteiger partial charge is 0.271 e. The van der Waals surface area contributed by atoms with E-state index in [1.807, 2.05) is 18.2 Å². The number of hydrazine groups is 1. The molecule has 0 bridgehead atoms. The van der Waals surface area contributed by atoms with Crippen LogP contribution in [0, 0.1) is 11.8 Å². The van der Waals surface area contributed by atoms with E-state index >= 15 is 0 Å². The van der Waals surface area contributed by atoms with Gasteiger partial charge in [-0.05, 0) is 42.4 Å². The average Bonchev–Trinajstić information content (AvgIpc) is 2.79. The zero-order valence-electron chi connectivity index (χ0n) is 10.3. The zero-order chi connectivity index (χ0) is 12.3. The highest BCUT2D eigenvalue weighted by atomic mass is 35.5. The van der Waals surface area contributed by atoms with Gasteiger partial charge in [-0.25, -0.2) is 0 Å². The lowest BCUT2D eigenvalue weighted by atomic mass is 9.91. The molecule has 0 aliphatic heterocycles. The Bertz CT molecular complexity index is 367. The predicted octanol–water partition coefficient (Wildman–Crippen LogP) is 3.67. The minimum atomic E-state index is 0.241. The van der Waals surface area contributed by atoms with Gasteiger partial charge in [0.05, 0.1) is 0 Å². The molecule has 0 radical (unpaired) electrons. The van der Waals surface area contributed by atoms with Gasteiger partial charge in [0.1, 0.15) is 0 Å². The van der Waals surface area contributed by atoms with Crippen molar-refractivity contribution < 1.29 is 0 Å². The summed E-state index contributed by atoms with van der Waals surface area (Å²) in [5.74, 6) is 7.24. The molecule has 1 aliphatic rings. The Morgan fingerprint density at radius 2 is 2.29 bits per heavy atom. The Hall–Kier alpha value is -0.570. The van der Waals surface area contributed by atoms with Crippen molar-refractivity contribution in [2.24, 2.45) is 17.7 Å². The fourth-order valence-corrected chi connectivity index (χ4v) is 3.19. The van der Waals surface area contributed by atoms with Gasteiger partial charge in [-0.15, -0.1) is 0 Å². The molecule has 0 spiro atoms. The van der Waals surface area contributed by atoms with Crippen molar-refractivity contribution in [3.05, 3.63) is 34.9 Å². The smallest absolute Gasteiger partial charge is 0.0488 e. The topological polar surface area (TPSA) is 38.0 Å². The zero-order valence-corrected chi connectivity index (χ0v) is 11.1. The standard InChI is InChI=1S/C14H21ClN2/c1-2-10-6-7-12(8-10)14(17-16)11-4-3-5-13(15)9-11/h3-5,9-10,12,14,17H,2,6-8,16H2,1H3. The van der Waals surface area contributed by atoms with Crippen molar-refractivity contribution in [2.45, 2.75) is 38.6 Å². The van der Waals surface area contributed by atoms with Gasteiger partial charge in [-0.2, -0.15) is 0 Å². The molecule has 3 heteroatoms. The molecule has 0 amide bonds. The fraction of sp³-hybridized carbons (Fsp3) is 0.571. The van der Waals surface area contributed by atoms with E-state index < -0.39 is 0 Å². The summed E-state index contributed by atoms with van der Waals surface area (Å²) in [7, 11) is 0. The second-order valence-corrected chi connectivity index (χ2v) is 5.48. The SMILES string of the molecule is CCC1CCC(C(NN)c2cccc(Cl)c2)C1. The molecule has 1 aliphatic carbocycles. The Balaban J connectivity index is 2.11. The quantitative estimate of drug-likeness (QED) is 0.634. The van der Waals surface area contributed by atoms with Crippen molar-refractivity contribution in [1.82, 2.24) is 5.43 Å². The second kappa shape index (κ2) is 5.85. The molecule has 0 saturated heterocycles. The molecular weight excluding hydrogens is 232 g/mol.